The van der Waals surface area contributed by atoms with Crippen molar-refractivity contribution in [1.29, 1.82) is 0 Å². The summed E-state index contributed by atoms with van der Waals surface area (Å²) in [5.74, 6) is -3.85. The molecule has 0 saturated carbocycles. The highest BCUT2D eigenvalue weighted by Gasteiger charge is 2.25. The van der Waals surface area contributed by atoms with Crippen molar-refractivity contribution in [2.24, 2.45) is 5.73 Å². The average molecular weight is 428 g/mol. The maximum absolute atomic E-state index is 12.1. The summed E-state index contributed by atoms with van der Waals surface area (Å²) in [5.41, 5.74) is 7.02. The molecule has 2 aromatic carbocycles. The maximum atomic E-state index is 12.1. The number of aromatic hydroxyl groups is 1. The number of carbonyl (C=O) groups is 4. The van der Waals surface area contributed by atoms with Crippen molar-refractivity contribution in [3.05, 3.63) is 65.7 Å². The quantitative estimate of drug-likeness (QED) is 0.304. The first kappa shape index (κ1) is 23.6. The highest BCUT2D eigenvalue weighted by molar-refractivity contribution is 6.35. The third-order valence-corrected chi connectivity index (χ3v) is 4.44. The fraction of sp³-hybridized carbons (Fsp3) is 0.273. The Labute approximate surface area is 178 Å². The lowest BCUT2D eigenvalue weighted by Crippen LogP contribution is -2.43. The van der Waals surface area contributed by atoms with Crippen LogP contribution in [0.15, 0.2) is 54.6 Å². The molecule has 0 aromatic heterocycles. The average Bonchev–Trinajstić information content (AvgIpc) is 2.76. The Morgan fingerprint density at radius 1 is 0.968 bits per heavy atom. The Morgan fingerprint density at radius 2 is 1.61 bits per heavy atom. The molecule has 0 aliphatic rings. The Hall–Kier alpha value is -3.72. The number of ether oxygens (including phenoxy) is 1. The third-order valence-electron chi connectivity index (χ3n) is 4.44. The van der Waals surface area contributed by atoms with Crippen molar-refractivity contribution < 1.29 is 34.1 Å². The predicted molar refractivity (Wildman–Crippen MR) is 110 cm³/mol. The summed E-state index contributed by atoms with van der Waals surface area (Å²) in [6, 6.07) is 12.3. The van der Waals surface area contributed by atoms with Gasteiger partial charge in [-0.25, -0.2) is 9.59 Å². The summed E-state index contributed by atoms with van der Waals surface area (Å²) in [5, 5.41) is 21.0. The maximum Gasteiger partial charge on any atom is 0.376 e. The van der Waals surface area contributed by atoms with E-state index in [-0.39, 0.29) is 31.6 Å². The molecule has 1 amide bonds. The van der Waals surface area contributed by atoms with Crippen LogP contribution >= 0.6 is 0 Å². The molecule has 0 unspecified atom stereocenters. The molecule has 0 radical (unpaired) electrons. The van der Waals surface area contributed by atoms with Crippen molar-refractivity contribution in [2.45, 2.75) is 38.0 Å². The molecule has 0 spiro atoms. The zero-order chi connectivity index (χ0) is 22.8. The smallest absolute Gasteiger partial charge is 0.376 e. The highest BCUT2D eigenvalue weighted by Crippen LogP contribution is 2.12. The standard InChI is InChI=1S/C22H24N2O7/c23-17(20(27)22(30)31-13-15-4-2-1-3-5-15)10-11-19(26)24-18(21(28)29)12-14-6-8-16(25)9-7-14/h1-9,17-18,25H,10-13,23H2,(H,24,26)(H,28,29)/t17-,18-/m0/s1. The van der Waals surface area contributed by atoms with E-state index in [1.165, 1.54) is 12.1 Å². The van der Waals surface area contributed by atoms with E-state index in [1.54, 1.807) is 42.5 Å². The van der Waals surface area contributed by atoms with E-state index in [2.05, 4.69) is 5.32 Å². The molecule has 2 aromatic rings. The fourth-order valence-corrected chi connectivity index (χ4v) is 2.70. The molecule has 164 valence electrons. The summed E-state index contributed by atoms with van der Waals surface area (Å²) in [6.07, 6.45) is -0.368. The van der Waals surface area contributed by atoms with Crippen LogP contribution in [0.4, 0.5) is 0 Å². The van der Waals surface area contributed by atoms with Crippen molar-refractivity contribution in [3.63, 3.8) is 0 Å². The van der Waals surface area contributed by atoms with Crippen LogP contribution in [-0.2, 0) is 36.9 Å². The molecule has 0 fully saturated rings. The van der Waals surface area contributed by atoms with Gasteiger partial charge in [0, 0.05) is 12.8 Å². The van der Waals surface area contributed by atoms with E-state index in [0.717, 1.165) is 0 Å². The Bertz CT molecular complexity index is 913. The van der Waals surface area contributed by atoms with Gasteiger partial charge in [0.2, 0.25) is 5.91 Å². The van der Waals surface area contributed by atoms with Crippen molar-refractivity contribution >= 4 is 23.6 Å². The zero-order valence-corrected chi connectivity index (χ0v) is 16.7. The minimum atomic E-state index is -1.24. The first-order chi connectivity index (χ1) is 14.8. The van der Waals surface area contributed by atoms with Gasteiger partial charge in [-0.3, -0.25) is 9.59 Å². The lowest BCUT2D eigenvalue weighted by atomic mass is 10.0. The van der Waals surface area contributed by atoms with Gasteiger partial charge >= 0.3 is 11.9 Å². The normalized spacial score (nSPS) is 12.4. The van der Waals surface area contributed by atoms with Gasteiger partial charge < -0.3 is 26.0 Å². The number of carboxylic acid groups (broad SMARTS) is 1. The lowest BCUT2D eigenvalue weighted by Gasteiger charge is -2.15. The van der Waals surface area contributed by atoms with Gasteiger partial charge in [-0.1, -0.05) is 42.5 Å². The first-order valence-electron chi connectivity index (χ1n) is 9.57. The number of carboxylic acids is 1. The van der Waals surface area contributed by atoms with Crippen molar-refractivity contribution in [1.82, 2.24) is 5.32 Å². The van der Waals surface area contributed by atoms with Gasteiger partial charge in [-0.2, -0.15) is 0 Å². The van der Waals surface area contributed by atoms with Crippen LogP contribution < -0.4 is 11.1 Å². The Balaban J connectivity index is 1.79. The second-order valence-electron chi connectivity index (χ2n) is 6.90. The number of ketones is 1. The Morgan fingerprint density at radius 3 is 2.23 bits per heavy atom. The fourth-order valence-electron chi connectivity index (χ4n) is 2.70. The van der Waals surface area contributed by atoms with Crippen molar-refractivity contribution in [2.75, 3.05) is 0 Å². The van der Waals surface area contributed by atoms with Crippen LogP contribution in [-0.4, -0.2) is 45.9 Å². The van der Waals surface area contributed by atoms with E-state index in [1.807, 2.05) is 0 Å². The topological polar surface area (TPSA) is 156 Å². The second kappa shape index (κ2) is 11.5. The zero-order valence-electron chi connectivity index (χ0n) is 16.7. The molecule has 0 aliphatic carbocycles. The van der Waals surface area contributed by atoms with E-state index >= 15 is 0 Å². The number of Topliss-reactive ketones (excluding diaryl/α,β-unsaturated/α-hetero) is 1. The van der Waals surface area contributed by atoms with Gasteiger partial charge in [0.15, 0.2) is 0 Å². The van der Waals surface area contributed by atoms with Crippen LogP contribution in [0.2, 0.25) is 0 Å². The number of hydrogen-bond acceptors (Lipinski definition) is 7. The van der Waals surface area contributed by atoms with Crippen molar-refractivity contribution in [3.8, 4) is 5.75 Å². The van der Waals surface area contributed by atoms with Crippen LogP contribution in [0.5, 0.6) is 5.75 Å². The number of aliphatic carboxylic acids is 1. The van der Waals surface area contributed by atoms with E-state index in [0.29, 0.717) is 11.1 Å². The number of esters is 1. The molecule has 2 atom stereocenters. The number of rotatable bonds is 11. The largest absolute Gasteiger partial charge is 0.508 e. The summed E-state index contributed by atoms with van der Waals surface area (Å²) < 4.78 is 4.92. The minimum Gasteiger partial charge on any atom is -0.508 e. The molecular formula is C22H24N2O7. The van der Waals surface area contributed by atoms with Crippen LogP contribution in [0.1, 0.15) is 24.0 Å². The number of hydrogen-bond donors (Lipinski definition) is 4. The van der Waals surface area contributed by atoms with Gasteiger partial charge in [0.1, 0.15) is 18.4 Å². The molecule has 0 aliphatic heterocycles. The number of phenols is 1. The van der Waals surface area contributed by atoms with E-state index < -0.39 is 35.7 Å². The molecule has 9 heteroatoms. The van der Waals surface area contributed by atoms with Gasteiger partial charge in [0.05, 0.1) is 6.04 Å². The number of nitrogens with one attached hydrogen (secondary N) is 1. The number of phenolic OH excluding ortho intramolecular Hbond substituents is 1. The molecule has 0 bridgehead atoms. The minimum absolute atomic E-state index is 0.0121. The van der Waals surface area contributed by atoms with Gasteiger partial charge in [-0.15, -0.1) is 0 Å². The number of carbonyl (C=O) groups excluding carboxylic acids is 3. The summed E-state index contributed by atoms with van der Waals surface area (Å²) in [6.45, 7) is -0.0732. The molecule has 31 heavy (non-hydrogen) atoms. The van der Waals surface area contributed by atoms with Crippen LogP contribution in [0.25, 0.3) is 0 Å². The number of benzene rings is 2. The third kappa shape index (κ3) is 7.90. The SMILES string of the molecule is N[C@@H](CCC(=O)N[C@@H](Cc1ccc(O)cc1)C(=O)O)C(=O)C(=O)OCc1ccccc1. The van der Waals surface area contributed by atoms with Crippen LogP contribution in [0.3, 0.4) is 0 Å². The summed E-state index contributed by atoms with van der Waals surface area (Å²) >= 11 is 0. The van der Waals surface area contributed by atoms with E-state index in [9.17, 15) is 29.4 Å². The molecule has 5 N–H and O–H groups in total. The summed E-state index contributed by atoms with van der Waals surface area (Å²) in [4.78, 5) is 47.4. The molecule has 0 heterocycles. The Kier molecular flexibility index (Phi) is 8.71. The molecule has 2 rings (SSSR count). The monoisotopic (exact) mass is 428 g/mol. The number of nitrogens with two attached hydrogens (primary N) is 1. The first-order valence-corrected chi connectivity index (χ1v) is 9.57. The highest BCUT2D eigenvalue weighted by atomic mass is 16.5. The summed E-state index contributed by atoms with van der Waals surface area (Å²) in [7, 11) is 0. The molecule has 0 saturated heterocycles. The second-order valence-corrected chi connectivity index (χ2v) is 6.90. The molecular weight excluding hydrogens is 404 g/mol. The van der Waals surface area contributed by atoms with Crippen LogP contribution in [0, 0.1) is 0 Å². The van der Waals surface area contributed by atoms with Gasteiger partial charge in [-0.05, 0) is 29.7 Å². The van der Waals surface area contributed by atoms with E-state index in [4.69, 9.17) is 10.5 Å². The molecule has 9 nitrogen and oxygen atoms in total. The van der Waals surface area contributed by atoms with Gasteiger partial charge in [0.25, 0.3) is 5.78 Å². The number of amides is 1. The lowest BCUT2D eigenvalue weighted by molar-refractivity contribution is -0.155. The predicted octanol–water partition coefficient (Wildman–Crippen LogP) is 0.924.